The molecule has 0 aromatic carbocycles. The number of rotatable bonds is 4. The van der Waals surface area contributed by atoms with E-state index in [4.69, 9.17) is 0 Å². The second kappa shape index (κ2) is 8.60. The number of hydrogen-bond acceptors (Lipinski definition) is 4. The molecule has 7 rings (SSSR count). The minimum absolute atomic E-state index is 0.859. The average molecular weight is 397 g/mol. The predicted molar refractivity (Wildman–Crippen MR) is 114 cm³/mol. The zero-order valence-electron chi connectivity index (χ0n) is 17.8. The molecule has 7 heterocycles. The molecule has 6 heteroatoms. The Morgan fingerprint density at radius 2 is 1.45 bits per heavy atom. The lowest BCUT2D eigenvalue weighted by molar-refractivity contribution is 0.0423. The third-order valence-corrected chi connectivity index (χ3v) is 8.02. The van der Waals surface area contributed by atoms with E-state index in [0.717, 1.165) is 29.8 Å². The predicted octanol–water partition coefficient (Wildman–Crippen LogP) is 2.98. The molecular weight excluding hydrogens is 360 g/mol. The third-order valence-electron chi connectivity index (χ3n) is 8.02. The highest BCUT2D eigenvalue weighted by Crippen LogP contribution is 2.38. The van der Waals surface area contributed by atoms with Gasteiger partial charge in [-0.1, -0.05) is 0 Å². The molecule has 3 atom stereocenters. The van der Waals surface area contributed by atoms with Crippen molar-refractivity contribution in [1.29, 1.82) is 0 Å². The zero-order valence-corrected chi connectivity index (χ0v) is 17.8. The lowest BCUT2D eigenvalue weighted by Crippen LogP contribution is -2.48. The zero-order chi connectivity index (χ0) is 19.6. The fraction of sp³-hybridized carbons (Fsp3) is 0.739. The van der Waals surface area contributed by atoms with Gasteiger partial charge in [0.2, 0.25) is 0 Å². The number of fused-ring (bicyclic) bond motifs is 5. The first kappa shape index (κ1) is 19.3. The van der Waals surface area contributed by atoms with Crippen LogP contribution in [-0.4, -0.2) is 67.7 Å². The van der Waals surface area contributed by atoms with Crippen LogP contribution >= 0.6 is 0 Å². The maximum absolute atomic E-state index is 4.11. The molecule has 4 bridgehead atoms. The van der Waals surface area contributed by atoms with Gasteiger partial charge in [0.1, 0.15) is 0 Å². The van der Waals surface area contributed by atoms with Crippen LogP contribution in [0.1, 0.15) is 38.5 Å². The standard InChI is InChI=1S/C12H19N3.C11H17N3/c1-14-11-2-3-12(14)7-10(6-11)8-15-5-4-13-9-15;1-4-13-5-2-10(1)11(7-13)8-14-6-3-12-9-14/h4-5,9-12H,2-3,6-8H2,1H3;3,6,9-11H,1-2,4-5,7-8H2. The Balaban J connectivity index is 0.000000125. The lowest BCUT2D eigenvalue weighted by Gasteiger charge is -2.44. The van der Waals surface area contributed by atoms with Crippen LogP contribution in [0.4, 0.5) is 0 Å². The van der Waals surface area contributed by atoms with E-state index in [-0.39, 0.29) is 0 Å². The van der Waals surface area contributed by atoms with Crippen molar-refractivity contribution >= 4 is 0 Å². The van der Waals surface area contributed by atoms with Crippen LogP contribution in [0.2, 0.25) is 0 Å². The molecule has 0 radical (unpaired) electrons. The first-order chi connectivity index (χ1) is 14.2. The van der Waals surface area contributed by atoms with Crippen LogP contribution in [0.5, 0.6) is 0 Å². The van der Waals surface area contributed by atoms with Crippen molar-refractivity contribution in [1.82, 2.24) is 28.9 Å². The average Bonchev–Trinajstić information content (AvgIpc) is 3.47. The molecule has 2 aromatic heterocycles. The monoisotopic (exact) mass is 396 g/mol. The third kappa shape index (κ3) is 4.43. The fourth-order valence-corrected chi connectivity index (χ4v) is 6.33. The summed E-state index contributed by atoms with van der Waals surface area (Å²) in [6.07, 6.45) is 20.2. The highest BCUT2D eigenvalue weighted by Gasteiger charge is 2.38. The first-order valence-electron chi connectivity index (χ1n) is 11.6. The fourth-order valence-electron chi connectivity index (χ4n) is 6.33. The van der Waals surface area contributed by atoms with E-state index < -0.39 is 0 Å². The number of hydrogen-bond donors (Lipinski definition) is 0. The van der Waals surface area contributed by atoms with E-state index in [1.54, 1.807) is 0 Å². The minimum Gasteiger partial charge on any atom is -0.337 e. The van der Waals surface area contributed by atoms with Crippen molar-refractivity contribution in [2.24, 2.45) is 17.8 Å². The maximum Gasteiger partial charge on any atom is 0.0946 e. The van der Waals surface area contributed by atoms with Gasteiger partial charge in [0.05, 0.1) is 12.7 Å². The van der Waals surface area contributed by atoms with Gasteiger partial charge in [-0.05, 0) is 76.4 Å². The molecule has 5 fully saturated rings. The van der Waals surface area contributed by atoms with Gasteiger partial charge in [-0.25, -0.2) is 9.97 Å². The Bertz CT molecular complexity index is 720. The maximum atomic E-state index is 4.11. The summed E-state index contributed by atoms with van der Waals surface area (Å²) in [6.45, 7) is 6.32. The van der Waals surface area contributed by atoms with Crippen LogP contribution < -0.4 is 0 Å². The second-order valence-electron chi connectivity index (χ2n) is 9.80. The Labute approximate surface area is 174 Å². The quantitative estimate of drug-likeness (QED) is 0.797. The summed E-state index contributed by atoms with van der Waals surface area (Å²) >= 11 is 0. The van der Waals surface area contributed by atoms with E-state index in [0.29, 0.717) is 0 Å². The second-order valence-corrected chi connectivity index (χ2v) is 9.80. The molecule has 2 aromatic rings. The van der Waals surface area contributed by atoms with Crippen LogP contribution in [0.15, 0.2) is 37.4 Å². The molecule has 5 saturated heterocycles. The summed E-state index contributed by atoms with van der Waals surface area (Å²) in [4.78, 5) is 13.4. The van der Waals surface area contributed by atoms with Crippen LogP contribution in [-0.2, 0) is 13.1 Å². The first-order valence-corrected chi connectivity index (χ1v) is 11.6. The van der Waals surface area contributed by atoms with Crippen LogP contribution in [0.25, 0.3) is 0 Å². The van der Waals surface area contributed by atoms with Gasteiger partial charge in [-0.15, -0.1) is 0 Å². The summed E-state index contributed by atoms with van der Waals surface area (Å²) < 4.78 is 4.46. The van der Waals surface area contributed by atoms with E-state index in [9.17, 15) is 0 Å². The minimum atomic E-state index is 0.859. The normalized spacial score (nSPS) is 36.0. The van der Waals surface area contributed by atoms with Gasteiger partial charge < -0.3 is 18.9 Å². The smallest absolute Gasteiger partial charge is 0.0946 e. The topological polar surface area (TPSA) is 42.1 Å². The number of nitrogens with zero attached hydrogens (tertiary/aromatic N) is 6. The molecule has 0 amide bonds. The van der Waals surface area contributed by atoms with Gasteiger partial charge in [0.25, 0.3) is 0 Å². The summed E-state index contributed by atoms with van der Waals surface area (Å²) in [5.41, 5.74) is 0. The molecule has 5 aliphatic heterocycles. The molecule has 0 saturated carbocycles. The molecule has 6 nitrogen and oxygen atoms in total. The Morgan fingerprint density at radius 3 is 1.97 bits per heavy atom. The van der Waals surface area contributed by atoms with Crippen molar-refractivity contribution in [2.75, 3.05) is 26.7 Å². The molecule has 29 heavy (non-hydrogen) atoms. The molecule has 158 valence electrons. The highest BCUT2D eigenvalue weighted by atomic mass is 15.2. The highest BCUT2D eigenvalue weighted by molar-refractivity contribution is 4.94. The van der Waals surface area contributed by atoms with Crippen molar-refractivity contribution in [3.05, 3.63) is 37.4 Å². The van der Waals surface area contributed by atoms with E-state index in [1.165, 1.54) is 71.2 Å². The Hall–Kier alpha value is -1.66. The molecule has 0 N–H and O–H groups in total. The van der Waals surface area contributed by atoms with Crippen LogP contribution in [0, 0.1) is 17.8 Å². The molecule has 3 unspecified atom stereocenters. The van der Waals surface area contributed by atoms with E-state index in [2.05, 4.69) is 48.3 Å². The van der Waals surface area contributed by atoms with Gasteiger partial charge >= 0.3 is 0 Å². The van der Waals surface area contributed by atoms with Gasteiger partial charge in [0, 0.05) is 56.5 Å². The van der Waals surface area contributed by atoms with Gasteiger partial charge in [-0.2, -0.15) is 0 Å². The van der Waals surface area contributed by atoms with Crippen molar-refractivity contribution in [3.63, 3.8) is 0 Å². The van der Waals surface area contributed by atoms with Crippen molar-refractivity contribution in [2.45, 2.75) is 63.7 Å². The summed E-state index contributed by atoms with van der Waals surface area (Å²) in [7, 11) is 2.30. The van der Waals surface area contributed by atoms with Gasteiger partial charge in [-0.3, -0.25) is 0 Å². The number of aromatic nitrogens is 4. The Morgan fingerprint density at radius 1 is 0.828 bits per heavy atom. The summed E-state index contributed by atoms with van der Waals surface area (Å²) in [6, 6.07) is 1.72. The van der Waals surface area contributed by atoms with Crippen molar-refractivity contribution < 1.29 is 0 Å². The molecule has 0 aliphatic carbocycles. The molecular formula is C23H36N6. The molecule has 5 aliphatic rings. The summed E-state index contributed by atoms with van der Waals surface area (Å²) in [5.74, 6) is 2.71. The number of piperidine rings is 4. The lowest BCUT2D eigenvalue weighted by atomic mass is 9.79. The molecule has 0 spiro atoms. The van der Waals surface area contributed by atoms with Crippen LogP contribution in [0.3, 0.4) is 0 Å². The van der Waals surface area contributed by atoms with E-state index >= 15 is 0 Å². The number of imidazole rings is 2. The van der Waals surface area contributed by atoms with E-state index in [1.807, 2.05) is 25.0 Å². The van der Waals surface area contributed by atoms with Crippen molar-refractivity contribution in [3.8, 4) is 0 Å². The largest absolute Gasteiger partial charge is 0.337 e. The van der Waals surface area contributed by atoms with Gasteiger partial charge in [0.15, 0.2) is 0 Å². The Kier molecular flexibility index (Phi) is 5.73. The summed E-state index contributed by atoms with van der Waals surface area (Å²) in [5, 5.41) is 0. The SMILES string of the molecule is CN1C2CCC1CC(Cn1ccnc1)C2.c1cn(CC2CN3CCC2CC3)cn1.